The molecule has 1 aromatic carbocycles. The number of amides is 3. The predicted octanol–water partition coefficient (Wildman–Crippen LogP) is 2.30. The lowest BCUT2D eigenvalue weighted by Crippen LogP contribution is -2.60. The zero-order chi connectivity index (χ0) is 17.4. The number of benzene rings is 1. The van der Waals surface area contributed by atoms with Crippen molar-refractivity contribution in [1.29, 1.82) is 0 Å². The van der Waals surface area contributed by atoms with Gasteiger partial charge in [-0.3, -0.25) is 9.69 Å². The maximum absolute atomic E-state index is 12.9. The number of rotatable bonds is 3. The highest BCUT2D eigenvalue weighted by atomic mass is 32.2. The lowest BCUT2D eigenvalue weighted by Gasteiger charge is -2.41. The molecule has 0 aliphatic carbocycles. The van der Waals surface area contributed by atoms with Crippen LogP contribution in [0.25, 0.3) is 0 Å². The molecule has 6 nitrogen and oxygen atoms in total. The van der Waals surface area contributed by atoms with Gasteiger partial charge in [-0.05, 0) is 32.4 Å². The van der Waals surface area contributed by atoms with Crippen LogP contribution in [0.1, 0.15) is 25.8 Å². The van der Waals surface area contributed by atoms with Crippen molar-refractivity contribution in [3.8, 4) is 0 Å². The van der Waals surface area contributed by atoms with Crippen molar-refractivity contribution in [3.63, 3.8) is 0 Å². The highest BCUT2D eigenvalue weighted by Crippen LogP contribution is 2.29. The van der Waals surface area contributed by atoms with Crippen LogP contribution in [-0.2, 0) is 14.8 Å². The van der Waals surface area contributed by atoms with E-state index in [9.17, 15) is 18.0 Å². The van der Waals surface area contributed by atoms with Crippen LogP contribution < -0.4 is 0 Å². The quantitative estimate of drug-likeness (QED) is 0.794. The molecule has 3 amide bonds. The molecule has 0 radical (unpaired) electrons. The first kappa shape index (κ1) is 17.2. The molecule has 0 spiro atoms. The van der Waals surface area contributed by atoms with Crippen LogP contribution in [0, 0.1) is 6.92 Å². The van der Waals surface area contributed by atoms with Gasteiger partial charge in [-0.1, -0.05) is 23.8 Å². The molecule has 1 heterocycles. The lowest BCUT2D eigenvalue weighted by molar-refractivity contribution is -0.128. The number of carbonyl (C=O) groups excluding carboxylic acids is 2. The minimum absolute atomic E-state index is 0.0151. The van der Waals surface area contributed by atoms with Crippen molar-refractivity contribution in [2.75, 3.05) is 0 Å². The van der Waals surface area contributed by atoms with E-state index in [4.69, 9.17) is 0 Å². The first-order chi connectivity index (χ1) is 10.7. The molecule has 1 fully saturated rings. The van der Waals surface area contributed by atoms with Gasteiger partial charge in [-0.15, -0.1) is 6.58 Å². The van der Waals surface area contributed by atoms with Crippen LogP contribution >= 0.6 is 0 Å². The van der Waals surface area contributed by atoms with E-state index in [-0.39, 0.29) is 10.9 Å². The molecule has 0 N–H and O–H groups in total. The largest absolute Gasteiger partial charge is 0.341 e. The molecular formula is C16H20N2O4S. The van der Waals surface area contributed by atoms with Crippen molar-refractivity contribution >= 4 is 22.0 Å². The summed E-state index contributed by atoms with van der Waals surface area (Å²) in [6.45, 7) is 8.44. The van der Waals surface area contributed by atoms with Gasteiger partial charge in [0, 0.05) is 13.0 Å². The first-order valence-electron chi connectivity index (χ1n) is 7.27. The SMILES string of the molecule is C=C[C@@H]1C[C@H](C)N(C(C)=O)C(=O)N1S(=O)(=O)c1ccc(C)cc1. The van der Waals surface area contributed by atoms with Gasteiger partial charge >= 0.3 is 6.03 Å². The van der Waals surface area contributed by atoms with E-state index in [0.717, 1.165) is 14.8 Å². The summed E-state index contributed by atoms with van der Waals surface area (Å²) in [5.74, 6) is -0.478. The maximum Gasteiger partial charge on any atom is 0.341 e. The van der Waals surface area contributed by atoms with Crippen LogP contribution in [0.3, 0.4) is 0 Å². The Balaban J connectivity index is 2.52. The van der Waals surface area contributed by atoms with Gasteiger partial charge in [-0.25, -0.2) is 17.5 Å². The second kappa shape index (κ2) is 6.16. The number of sulfonamides is 1. The highest BCUT2D eigenvalue weighted by Gasteiger charge is 2.44. The van der Waals surface area contributed by atoms with E-state index < -0.39 is 28.0 Å². The first-order valence-corrected chi connectivity index (χ1v) is 8.71. The molecule has 0 aromatic heterocycles. The smallest absolute Gasteiger partial charge is 0.275 e. The second-order valence-corrected chi connectivity index (χ2v) is 7.49. The van der Waals surface area contributed by atoms with E-state index in [2.05, 4.69) is 6.58 Å². The van der Waals surface area contributed by atoms with E-state index in [1.165, 1.54) is 25.1 Å². The summed E-state index contributed by atoms with van der Waals surface area (Å²) in [4.78, 5) is 25.4. The van der Waals surface area contributed by atoms with E-state index in [1.807, 2.05) is 6.92 Å². The monoisotopic (exact) mass is 336 g/mol. The molecule has 1 saturated heterocycles. The standard InChI is InChI=1S/C16H20N2O4S/c1-5-14-10-12(3)17(13(4)19)16(20)18(14)23(21,22)15-8-6-11(2)7-9-15/h5-9,12,14H,1,10H2,2-4H3/t12-,14+/m0/s1. The van der Waals surface area contributed by atoms with Gasteiger partial charge in [0.05, 0.1) is 10.9 Å². The molecule has 0 unspecified atom stereocenters. The van der Waals surface area contributed by atoms with Crippen molar-refractivity contribution in [3.05, 3.63) is 42.5 Å². The molecule has 0 bridgehead atoms. The Morgan fingerprint density at radius 2 is 1.87 bits per heavy atom. The Bertz CT molecular complexity index is 740. The van der Waals surface area contributed by atoms with Crippen LogP contribution in [0.15, 0.2) is 41.8 Å². The molecule has 1 aliphatic rings. The van der Waals surface area contributed by atoms with Crippen LogP contribution in [0.2, 0.25) is 0 Å². The molecule has 1 aliphatic heterocycles. The molecule has 0 saturated carbocycles. The summed E-state index contributed by atoms with van der Waals surface area (Å²) < 4.78 is 26.5. The third kappa shape index (κ3) is 3.01. The Kier molecular flexibility index (Phi) is 4.61. The fourth-order valence-corrected chi connectivity index (χ4v) is 4.26. The van der Waals surface area contributed by atoms with Crippen molar-refractivity contribution in [1.82, 2.24) is 9.21 Å². The van der Waals surface area contributed by atoms with Crippen molar-refractivity contribution in [2.24, 2.45) is 0 Å². The topological polar surface area (TPSA) is 74.8 Å². The van der Waals surface area contributed by atoms with Crippen LogP contribution in [-0.4, -0.2) is 41.6 Å². The molecule has 124 valence electrons. The zero-order valence-electron chi connectivity index (χ0n) is 13.4. The minimum atomic E-state index is -4.06. The summed E-state index contributed by atoms with van der Waals surface area (Å²) in [5.41, 5.74) is 0.910. The maximum atomic E-state index is 12.9. The van der Waals surface area contributed by atoms with Gasteiger partial charge < -0.3 is 0 Å². The van der Waals surface area contributed by atoms with Crippen molar-refractivity contribution < 1.29 is 18.0 Å². The highest BCUT2D eigenvalue weighted by molar-refractivity contribution is 7.89. The summed E-state index contributed by atoms with van der Waals surface area (Å²) in [7, 11) is -4.06. The Morgan fingerprint density at radius 3 is 2.35 bits per heavy atom. The average molecular weight is 336 g/mol. The zero-order valence-corrected chi connectivity index (χ0v) is 14.2. The van der Waals surface area contributed by atoms with Gasteiger partial charge in [-0.2, -0.15) is 0 Å². The Morgan fingerprint density at radius 1 is 1.30 bits per heavy atom. The third-order valence-electron chi connectivity index (χ3n) is 3.91. The molecule has 7 heteroatoms. The van der Waals surface area contributed by atoms with Gasteiger partial charge in [0.15, 0.2) is 0 Å². The third-order valence-corrected chi connectivity index (χ3v) is 5.72. The fraction of sp³-hybridized carbons (Fsp3) is 0.375. The van der Waals surface area contributed by atoms with E-state index in [0.29, 0.717) is 6.42 Å². The Labute approximate surface area is 136 Å². The molecular weight excluding hydrogens is 316 g/mol. The number of nitrogens with zero attached hydrogens (tertiary/aromatic N) is 2. The minimum Gasteiger partial charge on any atom is -0.275 e. The number of hydrogen-bond donors (Lipinski definition) is 0. The number of aryl methyl sites for hydroxylation is 1. The van der Waals surface area contributed by atoms with Crippen LogP contribution in [0.4, 0.5) is 4.79 Å². The van der Waals surface area contributed by atoms with Gasteiger partial charge in [0.25, 0.3) is 10.0 Å². The van der Waals surface area contributed by atoms with Crippen LogP contribution in [0.5, 0.6) is 0 Å². The van der Waals surface area contributed by atoms with E-state index >= 15 is 0 Å². The fourth-order valence-electron chi connectivity index (χ4n) is 2.73. The molecule has 2 rings (SSSR count). The number of imide groups is 1. The predicted molar refractivity (Wildman–Crippen MR) is 86.2 cm³/mol. The molecule has 23 heavy (non-hydrogen) atoms. The number of hydrogen-bond acceptors (Lipinski definition) is 4. The molecule has 1 aromatic rings. The van der Waals surface area contributed by atoms with Gasteiger partial charge in [0.2, 0.25) is 5.91 Å². The number of urea groups is 1. The lowest BCUT2D eigenvalue weighted by atomic mass is 10.0. The summed E-state index contributed by atoms with van der Waals surface area (Å²) in [5, 5.41) is 0. The number of carbonyl (C=O) groups is 2. The molecule has 2 atom stereocenters. The normalized spacial score (nSPS) is 22.1. The average Bonchev–Trinajstić information content (AvgIpc) is 2.46. The van der Waals surface area contributed by atoms with Gasteiger partial charge in [0.1, 0.15) is 0 Å². The summed E-state index contributed by atoms with van der Waals surface area (Å²) in [6, 6.07) is 4.33. The van der Waals surface area contributed by atoms with Crippen molar-refractivity contribution in [2.45, 2.75) is 44.2 Å². The second-order valence-electron chi connectivity index (χ2n) is 5.67. The summed E-state index contributed by atoms with van der Waals surface area (Å²) >= 11 is 0. The Hall–Kier alpha value is -2.15. The summed E-state index contributed by atoms with van der Waals surface area (Å²) in [6.07, 6.45) is 1.75. The van der Waals surface area contributed by atoms with E-state index in [1.54, 1.807) is 19.1 Å².